The van der Waals surface area contributed by atoms with Gasteiger partial charge in [0.1, 0.15) is 30.0 Å². The molecule has 10 heteroatoms. The van der Waals surface area contributed by atoms with Crippen LogP contribution < -0.4 is 20.3 Å². The molecule has 1 aliphatic carbocycles. The molecule has 2 aromatic rings. The number of hydrogen-bond donors (Lipinski definition) is 5. The number of aliphatic hydroxyl groups excluding tert-OH is 2. The number of nitrogens with one attached hydrogen (secondary N) is 3. The first-order chi connectivity index (χ1) is 17.6. The normalized spacial score (nSPS) is 18.2. The van der Waals surface area contributed by atoms with E-state index in [-0.39, 0.29) is 18.1 Å². The van der Waals surface area contributed by atoms with E-state index in [0.29, 0.717) is 51.4 Å². The number of aromatic nitrogens is 2. The molecule has 9 nitrogen and oxygen atoms in total. The summed E-state index contributed by atoms with van der Waals surface area (Å²) >= 11 is 6.61. The Morgan fingerprint density at radius 3 is 2.57 bits per heavy atom. The fraction of sp³-hybridized carbons (Fsp3) is 0.519. The molecule has 4 rings (SSSR count). The molecule has 1 aromatic carbocycles. The Morgan fingerprint density at radius 1 is 1.27 bits per heavy atom. The number of rotatable bonds is 10. The Labute approximate surface area is 223 Å². The lowest BCUT2D eigenvalue weighted by molar-refractivity contribution is 0.0515. The molecule has 37 heavy (non-hydrogen) atoms. The first-order valence-electron chi connectivity index (χ1n) is 12.6. The van der Waals surface area contributed by atoms with Crippen LogP contribution in [0, 0.1) is 17.7 Å². The van der Waals surface area contributed by atoms with E-state index >= 15 is 0 Å². The van der Waals surface area contributed by atoms with E-state index in [2.05, 4.69) is 15.5 Å². The Hall–Kier alpha value is -2.72. The molecule has 1 spiro atoms. The van der Waals surface area contributed by atoms with Crippen molar-refractivity contribution < 1.29 is 14.9 Å². The molecule has 0 amide bonds. The van der Waals surface area contributed by atoms with E-state index in [1.165, 1.54) is 0 Å². The van der Waals surface area contributed by atoms with Crippen LogP contribution in [-0.4, -0.2) is 78.4 Å². The van der Waals surface area contributed by atoms with E-state index < -0.39 is 6.10 Å². The Bertz CT molecular complexity index is 1200. The van der Waals surface area contributed by atoms with Crippen molar-refractivity contribution in [3.63, 3.8) is 0 Å². The molecule has 5 N–H and O–H groups in total. The molecule has 0 bridgehead atoms. The molecule has 2 heterocycles. The lowest BCUT2D eigenvalue weighted by Gasteiger charge is -2.59. The maximum Gasteiger partial charge on any atom is 0.163 e. The fourth-order valence-electron chi connectivity index (χ4n) is 5.41. The largest absolute Gasteiger partial charge is 0.512 e. The molecule has 1 saturated heterocycles. The third-order valence-corrected chi connectivity index (χ3v) is 7.60. The minimum atomic E-state index is -0.651. The van der Waals surface area contributed by atoms with Crippen LogP contribution in [0.25, 0.3) is 17.0 Å². The van der Waals surface area contributed by atoms with Crippen LogP contribution in [0.1, 0.15) is 37.9 Å². The summed E-state index contributed by atoms with van der Waals surface area (Å²) in [4.78, 5) is 12.0. The van der Waals surface area contributed by atoms with Gasteiger partial charge in [0.15, 0.2) is 5.82 Å². The van der Waals surface area contributed by atoms with E-state index in [1.54, 1.807) is 39.1 Å². The van der Waals surface area contributed by atoms with Gasteiger partial charge in [0.25, 0.3) is 0 Å². The van der Waals surface area contributed by atoms with Crippen molar-refractivity contribution >= 4 is 28.7 Å². The quantitative estimate of drug-likeness (QED) is 0.234. The Balaban J connectivity index is 1.73. The van der Waals surface area contributed by atoms with E-state index in [4.69, 9.17) is 31.7 Å². The molecule has 0 unspecified atom stereocenters. The highest BCUT2D eigenvalue weighted by Crippen LogP contribution is 2.50. The first kappa shape index (κ1) is 27.3. The molecule has 1 aliphatic heterocycles. The van der Waals surface area contributed by atoms with Gasteiger partial charge < -0.3 is 35.9 Å². The average molecular weight is 529 g/mol. The van der Waals surface area contributed by atoms with Gasteiger partial charge in [-0.25, -0.2) is 9.97 Å². The second-order valence-corrected chi connectivity index (χ2v) is 10.8. The maximum absolute atomic E-state index is 10.5. The number of halogens is 1. The van der Waals surface area contributed by atoms with Gasteiger partial charge in [-0.15, -0.1) is 0 Å². The number of ether oxygens (including phenoxy) is 1. The predicted octanol–water partition coefficient (Wildman–Crippen LogP) is 3.58. The van der Waals surface area contributed by atoms with E-state index in [9.17, 15) is 10.2 Å². The van der Waals surface area contributed by atoms with Crippen molar-refractivity contribution in [1.29, 1.82) is 5.41 Å². The van der Waals surface area contributed by atoms with Gasteiger partial charge >= 0.3 is 0 Å². The molecule has 1 saturated carbocycles. The molecule has 2 fully saturated rings. The summed E-state index contributed by atoms with van der Waals surface area (Å²) in [6.45, 7) is 7.49. The summed E-state index contributed by atoms with van der Waals surface area (Å²) in [5.74, 6) is 1.74. The van der Waals surface area contributed by atoms with Gasteiger partial charge in [0.05, 0.1) is 16.3 Å². The zero-order valence-electron chi connectivity index (χ0n) is 22.2. The van der Waals surface area contributed by atoms with Crippen LogP contribution in [-0.2, 0) is 0 Å². The minimum absolute atomic E-state index is 0.0313. The second kappa shape index (κ2) is 10.9. The second-order valence-electron chi connectivity index (χ2n) is 10.3. The van der Waals surface area contributed by atoms with Gasteiger partial charge in [0.2, 0.25) is 0 Å². The van der Waals surface area contributed by atoms with Gasteiger partial charge in [-0.3, -0.25) is 0 Å². The van der Waals surface area contributed by atoms with E-state index in [1.807, 2.05) is 14.0 Å². The van der Waals surface area contributed by atoms with Crippen LogP contribution in [0.5, 0.6) is 5.75 Å². The van der Waals surface area contributed by atoms with Crippen molar-refractivity contribution in [3.05, 3.63) is 40.2 Å². The minimum Gasteiger partial charge on any atom is -0.512 e. The fourth-order valence-corrected chi connectivity index (χ4v) is 5.61. The molecule has 1 aromatic heterocycles. The van der Waals surface area contributed by atoms with Gasteiger partial charge in [-0.05, 0) is 65.9 Å². The van der Waals surface area contributed by atoms with E-state index in [0.717, 1.165) is 37.3 Å². The van der Waals surface area contributed by atoms with Gasteiger partial charge in [0, 0.05) is 47.9 Å². The number of anilines is 1. The van der Waals surface area contributed by atoms with Crippen molar-refractivity contribution in [2.24, 2.45) is 5.41 Å². The number of aliphatic hydroxyl groups is 2. The monoisotopic (exact) mass is 528 g/mol. The summed E-state index contributed by atoms with van der Waals surface area (Å²) in [5.41, 5.74) is 2.83. The lowest BCUT2D eigenvalue weighted by Crippen LogP contribution is -2.66. The van der Waals surface area contributed by atoms with Crippen LogP contribution >= 0.6 is 11.6 Å². The van der Waals surface area contributed by atoms with Crippen molar-refractivity contribution in [2.75, 3.05) is 45.2 Å². The summed E-state index contributed by atoms with van der Waals surface area (Å²) in [5, 5.41) is 35.5. The van der Waals surface area contributed by atoms with Crippen LogP contribution in [0.4, 0.5) is 5.82 Å². The highest BCUT2D eigenvalue weighted by atomic mass is 35.5. The summed E-state index contributed by atoms with van der Waals surface area (Å²) in [6, 6.07) is 5.80. The van der Waals surface area contributed by atoms with Crippen molar-refractivity contribution in [1.82, 2.24) is 20.6 Å². The zero-order valence-corrected chi connectivity index (χ0v) is 22.9. The zero-order chi connectivity index (χ0) is 26.9. The molecular weight excluding hydrogens is 492 g/mol. The summed E-state index contributed by atoms with van der Waals surface area (Å²) < 4.78 is 5.79. The molecule has 1 atom stereocenters. The standard InChI is InChI=1S/C27H37ClN6O3/c1-15-24(23(16(2)29)17(3)35)32-25(33-26(15)34-13-27(14-34)9-18(10-27)31-5)21-8-20(6-7-22(21)28)37-12-19(36)11-30-4/h6-8,18-19,29-31,35-36H,9-14H2,1-5H3/b23-17+,29-16?/t19-/m1/s1. The topological polar surface area (TPSA) is 127 Å². The van der Waals surface area contributed by atoms with Crippen molar-refractivity contribution in [3.8, 4) is 17.1 Å². The predicted molar refractivity (Wildman–Crippen MR) is 148 cm³/mol. The van der Waals surface area contributed by atoms with Gasteiger partial charge in [-0.2, -0.15) is 0 Å². The summed E-state index contributed by atoms with van der Waals surface area (Å²) in [6.07, 6.45) is 1.64. The Morgan fingerprint density at radius 2 is 1.97 bits per heavy atom. The molecule has 2 aliphatic rings. The third-order valence-electron chi connectivity index (χ3n) is 7.27. The molecule has 200 valence electrons. The SMILES string of the molecule is CNC[C@@H](O)COc1ccc(Cl)c(-c2nc(/C(C(C)=N)=C(\C)O)c(C)c(N3CC4(CC(NC)C4)C3)n2)c1. The number of nitrogens with zero attached hydrogens (tertiary/aromatic N) is 3. The Kier molecular flexibility index (Phi) is 8.08. The number of hydrogen-bond acceptors (Lipinski definition) is 9. The maximum atomic E-state index is 10.5. The molecular formula is C27H37ClN6O3. The smallest absolute Gasteiger partial charge is 0.163 e. The average Bonchev–Trinajstić information content (AvgIpc) is 2.78. The van der Waals surface area contributed by atoms with Crippen LogP contribution in [0.2, 0.25) is 5.02 Å². The van der Waals surface area contributed by atoms with Crippen LogP contribution in [0.3, 0.4) is 0 Å². The lowest BCUT2D eigenvalue weighted by atomic mass is 9.60. The number of benzene rings is 1. The number of allylic oxidation sites excluding steroid dienone is 2. The van der Waals surface area contributed by atoms with Crippen LogP contribution in [0.15, 0.2) is 24.0 Å². The highest BCUT2D eigenvalue weighted by molar-refractivity contribution is 6.33. The van der Waals surface area contributed by atoms with Gasteiger partial charge in [-0.1, -0.05) is 11.6 Å². The first-order valence-corrected chi connectivity index (χ1v) is 13.0. The summed E-state index contributed by atoms with van der Waals surface area (Å²) in [7, 11) is 3.78. The third kappa shape index (κ3) is 5.60. The number of likely N-dealkylation sites (N-methyl/N-ethyl adjacent to an activating group) is 1. The van der Waals surface area contributed by atoms with Crippen molar-refractivity contribution in [2.45, 2.75) is 45.8 Å². The highest BCUT2D eigenvalue weighted by Gasteiger charge is 2.52. The molecule has 0 radical (unpaired) electrons.